The van der Waals surface area contributed by atoms with Crippen molar-refractivity contribution in [3.8, 4) is 11.8 Å². The summed E-state index contributed by atoms with van der Waals surface area (Å²) in [7, 11) is 0. The summed E-state index contributed by atoms with van der Waals surface area (Å²) in [6.45, 7) is 11.4. The highest BCUT2D eigenvalue weighted by atomic mass is 16.5. The van der Waals surface area contributed by atoms with E-state index in [-0.39, 0.29) is 0 Å². The van der Waals surface area contributed by atoms with Crippen molar-refractivity contribution in [3.05, 3.63) is 29.3 Å². The van der Waals surface area contributed by atoms with E-state index in [1.54, 1.807) is 0 Å². The molecule has 3 heteroatoms. The van der Waals surface area contributed by atoms with Crippen LogP contribution in [0.3, 0.4) is 0 Å². The quantitative estimate of drug-likeness (QED) is 0.852. The van der Waals surface area contributed by atoms with Gasteiger partial charge in [-0.1, -0.05) is 26.8 Å². The van der Waals surface area contributed by atoms with Gasteiger partial charge in [0.1, 0.15) is 17.9 Å². The van der Waals surface area contributed by atoms with Crippen molar-refractivity contribution >= 4 is 0 Å². The Labute approximate surface area is 116 Å². The highest BCUT2D eigenvalue weighted by molar-refractivity contribution is 5.36. The number of nitrogens with zero attached hydrogens (tertiary/aromatic N) is 1. The third kappa shape index (κ3) is 4.25. The monoisotopic (exact) mass is 260 g/mol. The van der Waals surface area contributed by atoms with E-state index < -0.39 is 5.54 Å². The second-order valence-corrected chi connectivity index (χ2v) is 5.44. The Hall–Kier alpha value is -1.53. The van der Waals surface area contributed by atoms with Crippen molar-refractivity contribution in [2.24, 2.45) is 0 Å². The molecule has 0 saturated heterocycles. The van der Waals surface area contributed by atoms with Gasteiger partial charge in [-0.3, -0.25) is 5.32 Å². The molecule has 0 heterocycles. The molecule has 1 N–H and O–H groups in total. The average Bonchev–Trinajstić information content (AvgIpc) is 2.36. The molecule has 3 nitrogen and oxygen atoms in total. The van der Waals surface area contributed by atoms with Crippen molar-refractivity contribution in [2.75, 3.05) is 13.2 Å². The number of nitriles is 1. The Morgan fingerprint density at radius 1 is 1.42 bits per heavy atom. The van der Waals surface area contributed by atoms with Gasteiger partial charge in [-0.15, -0.1) is 0 Å². The van der Waals surface area contributed by atoms with Gasteiger partial charge in [-0.2, -0.15) is 5.26 Å². The molecule has 1 rings (SSSR count). The summed E-state index contributed by atoms with van der Waals surface area (Å²) in [4.78, 5) is 0. The first-order valence-corrected chi connectivity index (χ1v) is 6.81. The highest BCUT2D eigenvalue weighted by Gasteiger charge is 2.23. The lowest BCUT2D eigenvalue weighted by Crippen LogP contribution is -2.46. The molecular weight excluding hydrogens is 236 g/mol. The van der Waals surface area contributed by atoms with E-state index in [4.69, 9.17) is 4.74 Å². The molecule has 1 aromatic rings. The standard InChI is InChI=1S/C16H24N2O/c1-6-18-16(5,10-17)11-19-14-7-8-15(12(2)3)13(4)9-14/h7-9,12,18H,6,11H2,1-5H3. The van der Waals surface area contributed by atoms with Gasteiger partial charge in [0.2, 0.25) is 0 Å². The summed E-state index contributed by atoms with van der Waals surface area (Å²) in [6, 6.07) is 8.38. The normalized spacial score (nSPS) is 13.9. The summed E-state index contributed by atoms with van der Waals surface area (Å²) in [5.74, 6) is 1.33. The third-order valence-electron chi connectivity index (χ3n) is 3.20. The molecule has 0 fully saturated rings. The molecule has 0 saturated carbocycles. The Kier molecular flexibility index (Phi) is 5.38. The second-order valence-electron chi connectivity index (χ2n) is 5.44. The Balaban J connectivity index is 2.74. The van der Waals surface area contributed by atoms with Crippen molar-refractivity contribution in [1.29, 1.82) is 5.26 Å². The topological polar surface area (TPSA) is 45.0 Å². The van der Waals surface area contributed by atoms with Crippen LogP contribution in [-0.2, 0) is 0 Å². The number of hydrogen-bond acceptors (Lipinski definition) is 3. The minimum absolute atomic E-state index is 0.345. The number of likely N-dealkylation sites (N-methyl/N-ethyl adjacent to an activating group) is 1. The van der Waals surface area contributed by atoms with Crippen LogP contribution in [0.15, 0.2) is 18.2 Å². The van der Waals surface area contributed by atoms with E-state index in [0.717, 1.165) is 12.3 Å². The predicted molar refractivity (Wildman–Crippen MR) is 78.5 cm³/mol. The number of hydrogen-bond donors (Lipinski definition) is 1. The van der Waals surface area contributed by atoms with Crippen LogP contribution >= 0.6 is 0 Å². The van der Waals surface area contributed by atoms with Crippen LogP contribution < -0.4 is 10.1 Å². The lowest BCUT2D eigenvalue weighted by molar-refractivity contribution is 0.236. The summed E-state index contributed by atoms with van der Waals surface area (Å²) < 4.78 is 5.75. The molecule has 0 radical (unpaired) electrons. The minimum atomic E-state index is -0.640. The Morgan fingerprint density at radius 2 is 2.11 bits per heavy atom. The highest BCUT2D eigenvalue weighted by Crippen LogP contribution is 2.23. The van der Waals surface area contributed by atoms with Gasteiger partial charge in [0, 0.05) is 0 Å². The third-order valence-corrected chi connectivity index (χ3v) is 3.20. The number of aryl methyl sites for hydroxylation is 1. The molecule has 1 unspecified atom stereocenters. The molecule has 1 aromatic carbocycles. The number of nitrogens with one attached hydrogen (secondary N) is 1. The molecule has 0 aliphatic heterocycles. The summed E-state index contributed by atoms with van der Waals surface area (Å²) >= 11 is 0. The lowest BCUT2D eigenvalue weighted by Gasteiger charge is -2.23. The summed E-state index contributed by atoms with van der Waals surface area (Å²) in [5.41, 5.74) is 1.93. The maximum atomic E-state index is 9.17. The number of rotatable bonds is 6. The fourth-order valence-corrected chi connectivity index (χ4v) is 2.13. The molecule has 1 atom stereocenters. The Bertz CT molecular complexity index is 462. The van der Waals surface area contributed by atoms with E-state index in [1.165, 1.54) is 11.1 Å². The molecule has 0 amide bonds. The molecule has 0 aromatic heterocycles. The summed E-state index contributed by atoms with van der Waals surface area (Å²) in [6.07, 6.45) is 0. The molecule has 104 valence electrons. The van der Waals surface area contributed by atoms with Gasteiger partial charge in [0.25, 0.3) is 0 Å². The summed E-state index contributed by atoms with van der Waals surface area (Å²) in [5, 5.41) is 12.3. The molecule has 0 aliphatic rings. The fourth-order valence-electron chi connectivity index (χ4n) is 2.13. The fraction of sp³-hybridized carbons (Fsp3) is 0.562. The maximum absolute atomic E-state index is 9.17. The van der Waals surface area contributed by atoms with Crippen LogP contribution in [0.25, 0.3) is 0 Å². The van der Waals surface area contributed by atoms with Gasteiger partial charge in [-0.05, 0) is 49.6 Å². The smallest absolute Gasteiger partial charge is 0.138 e. The molecular formula is C16H24N2O. The van der Waals surface area contributed by atoms with Gasteiger partial charge in [-0.25, -0.2) is 0 Å². The van der Waals surface area contributed by atoms with Gasteiger partial charge in [0.05, 0.1) is 6.07 Å². The van der Waals surface area contributed by atoms with Crippen molar-refractivity contribution in [3.63, 3.8) is 0 Å². The van der Waals surface area contributed by atoms with E-state index in [0.29, 0.717) is 12.5 Å². The predicted octanol–water partition coefficient (Wildman–Crippen LogP) is 3.39. The number of ether oxygens (including phenoxy) is 1. The molecule has 0 spiro atoms. The van der Waals surface area contributed by atoms with E-state index in [2.05, 4.69) is 38.2 Å². The zero-order chi connectivity index (χ0) is 14.5. The lowest BCUT2D eigenvalue weighted by atomic mass is 9.98. The zero-order valence-electron chi connectivity index (χ0n) is 12.6. The SMILES string of the molecule is CCNC(C)(C#N)COc1ccc(C(C)C)c(C)c1. The number of benzene rings is 1. The van der Waals surface area contributed by atoms with Crippen LogP contribution in [0, 0.1) is 18.3 Å². The first-order valence-electron chi connectivity index (χ1n) is 6.81. The van der Waals surface area contributed by atoms with Crippen molar-refractivity contribution < 1.29 is 4.74 Å². The van der Waals surface area contributed by atoms with Crippen molar-refractivity contribution in [1.82, 2.24) is 5.32 Å². The van der Waals surface area contributed by atoms with Gasteiger partial charge in [0.15, 0.2) is 0 Å². The zero-order valence-corrected chi connectivity index (χ0v) is 12.6. The van der Waals surface area contributed by atoms with Crippen LogP contribution in [0.4, 0.5) is 0 Å². The van der Waals surface area contributed by atoms with E-state index in [9.17, 15) is 5.26 Å². The first-order chi connectivity index (χ1) is 8.91. The Morgan fingerprint density at radius 3 is 2.58 bits per heavy atom. The van der Waals surface area contributed by atoms with Gasteiger partial charge >= 0.3 is 0 Å². The van der Waals surface area contributed by atoms with E-state index >= 15 is 0 Å². The minimum Gasteiger partial charge on any atom is -0.491 e. The largest absolute Gasteiger partial charge is 0.491 e. The van der Waals surface area contributed by atoms with Crippen LogP contribution in [0.1, 0.15) is 44.7 Å². The maximum Gasteiger partial charge on any atom is 0.138 e. The molecule has 0 aliphatic carbocycles. The average molecular weight is 260 g/mol. The van der Waals surface area contributed by atoms with Crippen LogP contribution in [-0.4, -0.2) is 18.7 Å². The molecule has 0 bridgehead atoms. The van der Waals surface area contributed by atoms with Crippen LogP contribution in [0.2, 0.25) is 0 Å². The van der Waals surface area contributed by atoms with Crippen LogP contribution in [0.5, 0.6) is 5.75 Å². The molecule has 19 heavy (non-hydrogen) atoms. The second kappa shape index (κ2) is 6.58. The first kappa shape index (κ1) is 15.5. The van der Waals surface area contributed by atoms with Crippen molar-refractivity contribution in [2.45, 2.75) is 46.1 Å². The van der Waals surface area contributed by atoms with Gasteiger partial charge < -0.3 is 4.74 Å². The van der Waals surface area contributed by atoms with E-state index in [1.807, 2.05) is 26.0 Å².